The van der Waals surface area contributed by atoms with Crippen molar-refractivity contribution in [3.8, 4) is 29.4 Å². The summed E-state index contributed by atoms with van der Waals surface area (Å²) in [6, 6.07) is 13.7. The molecule has 2 bridgehead atoms. The Morgan fingerprint density at radius 3 is 2.47 bits per heavy atom. The molecule has 0 radical (unpaired) electrons. The second kappa shape index (κ2) is 20.9. The monoisotopic (exact) mass is 1030 g/mol. The van der Waals surface area contributed by atoms with Crippen LogP contribution in [0, 0.1) is 35.3 Å². The fraction of sp³-hybridized carbons (Fsp3) is 0.525. The lowest BCUT2D eigenvalue weighted by Crippen LogP contribution is -2.58. The number of rotatable bonds is 14. The summed E-state index contributed by atoms with van der Waals surface area (Å²) in [6.07, 6.45) is 18.3. The van der Waals surface area contributed by atoms with Gasteiger partial charge < -0.3 is 40.0 Å². The van der Waals surface area contributed by atoms with Crippen molar-refractivity contribution >= 4 is 51.4 Å². The van der Waals surface area contributed by atoms with E-state index >= 15 is 8.78 Å². The number of halogens is 2. The number of nitrogens with one attached hydrogen (secondary N) is 2. The third kappa shape index (κ3) is 10.1. The van der Waals surface area contributed by atoms with Crippen LogP contribution in [0.2, 0.25) is 0 Å². The Morgan fingerprint density at radius 1 is 0.987 bits per heavy atom. The molecule has 5 aromatic rings. The number of hydrogen-bond donors (Lipinski definition) is 3. The van der Waals surface area contributed by atoms with Crippen LogP contribution >= 0.6 is 0 Å². The zero-order valence-corrected chi connectivity index (χ0v) is 43.7. The van der Waals surface area contributed by atoms with Crippen molar-refractivity contribution in [3.05, 3.63) is 82.7 Å². The highest BCUT2D eigenvalue weighted by Crippen LogP contribution is 2.48. The van der Waals surface area contributed by atoms with Crippen LogP contribution in [0.5, 0.6) is 5.75 Å². The van der Waals surface area contributed by atoms with Crippen molar-refractivity contribution in [2.24, 2.45) is 28.4 Å². The van der Waals surface area contributed by atoms with Gasteiger partial charge in [-0.1, -0.05) is 24.1 Å². The molecule has 0 spiro atoms. The van der Waals surface area contributed by atoms with Crippen LogP contribution in [0.3, 0.4) is 0 Å². The van der Waals surface area contributed by atoms with Crippen LogP contribution in [0.25, 0.3) is 32.9 Å². The number of pyridine rings is 1. The van der Waals surface area contributed by atoms with Crippen molar-refractivity contribution in [2.45, 2.75) is 101 Å². The fourth-order valence-electron chi connectivity index (χ4n) is 13.4. The minimum absolute atomic E-state index is 0.0211. The Kier molecular flexibility index (Phi) is 13.9. The van der Waals surface area contributed by atoms with Gasteiger partial charge in [0.15, 0.2) is 5.82 Å². The van der Waals surface area contributed by atoms with Gasteiger partial charge in [0, 0.05) is 118 Å². The lowest BCUT2D eigenvalue weighted by molar-refractivity contribution is -0.120. The number of likely N-dealkylation sites (tertiary alicyclic amines) is 4. The molecule has 7 aliphatic rings. The first-order chi connectivity index (χ1) is 36.9. The minimum Gasteiger partial charge on any atom is -0.508 e. The number of aryl methyl sites for hydroxylation is 1. The zero-order valence-electron chi connectivity index (χ0n) is 43.7. The molecule has 17 heteroatoms. The molecule has 5 saturated heterocycles. The van der Waals surface area contributed by atoms with Crippen LogP contribution in [0.15, 0.2) is 58.6 Å². The lowest BCUT2D eigenvalue weighted by Gasteiger charge is -2.49. The van der Waals surface area contributed by atoms with Gasteiger partial charge in [-0.05, 0) is 131 Å². The molecule has 3 unspecified atom stereocenters. The molecular weight excluding hydrogens is 965 g/mol. The molecule has 1 amide bonds. The van der Waals surface area contributed by atoms with E-state index in [4.69, 9.17) is 26.2 Å². The SMILES string of the molecule is C#Cc1c(F)ccc2cc(O)cc(-c3ncc4c(c3F)N=C(OCC3(CN5CCC(N6CC(CN7CCC(c8ccc9c(C(C=O)CCC(=O)NC)nn(C)c9c8)CC7)C6)CC5)CC3)N=C(N3CC5CCC(C3)N5)C4)c12. The van der Waals surface area contributed by atoms with E-state index in [0.29, 0.717) is 72.2 Å². The number of phenolic OH excluding ortho intramolecular Hbond substituents is 1. The molecule has 15 nitrogen and oxygen atoms in total. The smallest absolute Gasteiger partial charge is 0.318 e. The maximum Gasteiger partial charge on any atom is 0.318 e. The first-order valence-electron chi connectivity index (χ1n) is 27.6. The van der Waals surface area contributed by atoms with Crippen molar-refractivity contribution < 1.29 is 28.2 Å². The number of aromatic nitrogens is 3. The molecule has 3 atom stereocenters. The molecule has 3 N–H and O–H groups in total. The summed E-state index contributed by atoms with van der Waals surface area (Å²) >= 11 is 0. The first-order valence-corrected chi connectivity index (χ1v) is 27.6. The molecule has 12 rings (SSSR count). The van der Waals surface area contributed by atoms with E-state index in [9.17, 15) is 14.7 Å². The number of aliphatic imine (C=N–C) groups is 2. The van der Waals surface area contributed by atoms with Gasteiger partial charge in [-0.3, -0.25) is 19.4 Å². The number of benzene rings is 3. The van der Waals surface area contributed by atoms with Gasteiger partial charge in [-0.2, -0.15) is 15.1 Å². The standard InChI is InChI=1S/C59H69F2N11O4/c1-4-46-49(60)11-6-39-23-45(74)26-48(53(39)46)57-54(61)56-41(27-63-57)25-51(72-31-42-8-9-43(32-72)64-42)65-58(66-56)76-35-59(17-18-59)34-70-21-15-44(16-22-70)71-29-36(30-71)28-69-19-13-37(14-20-69)38-5-10-47-50(24-38)68(3)67-55(47)40(33-73)7-12-52(75)62-2/h1,5-6,10-11,23-24,26-27,33,36-37,40,42-44,64,74H,7-9,12-22,25,28-32,34-35H2,2-3H3,(H,62,75). The number of aldehydes is 1. The summed E-state index contributed by atoms with van der Waals surface area (Å²) < 4.78 is 40.7. The Hall–Kier alpha value is -6.32. The van der Waals surface area contributed by atoms with E-state index in [2.05, 4.69) is 59.3 Å². The number of fused-ring (bicyclic) bond motifs is 5. The number of carbonyl (C=O) groups is 2. The van der Waals surface area contributed by atoms with Crippen LogP contribution in [-0.2, 0) is 27.8 Å². The van der Waals surface area contributed by atoms with Gasteiger partial charge in [0.25, 0.3) is 0 Å². The van der Waals surface area contributed by atoms with Crippen LogP contribution in [0.4, 0.5) is 14.5 Å². The van der Waals surface area contributed by atoms with Crippen molar-refractivity contribution in [1.82, 2.24) is 45.0 Å². The molecule has 8 heterocycles. The van der Waals surface area contributed by atoms with Gasteiger partial charge in [-0.25, -0.2) is 8.78 Å². The van der Waals surface area contributed by atoms with Crippen LogP contribution in [-0.4, -0.2) is 161 Å². The average Bonchev–Trinajstić information content (AvgIpc) is 4.05. The Morgan fingerprint density at radius 2 is 1.75 bits per heavy atom. The molecule has 2 aromatic heterocycles. The van der Waals surface area contributed by atoms with E-state index in [0.717, 1.165) is 132 Å². The molecule has 398 valence electrons. The van der Waals surface area contributed by atoms with E-state index < -0.39 is 17.6 Å². The maximum absolute atomic E-state index is 17.2. The van der Waals surface area contributed by atoms with Gasteiger partial charge in [0.2, 0.25) is 5.91 Å². The number of piperidine rings is 2. The number of amides is 1. The van der Waals surface area contributed by atoms with Crippen molar-refractivity contribution in [2.75, 3.05) is 79.1 Å². The number of nitrogens with zero attached hydrogens (tertiary/aromatic N) is 9. The number of piperazine rings is 1. The topological polar surface area (TPSA) is 156 Å². The van der Waals surface area contributed by atoms with E-state index in [-0.39, 0.29) is 45.6 Å². The van der Waals surface area contributed by atoms with Crippen LogP contribution in [0.1, 0.15) is 98.4 Å². The summed E-state index contributed by atoms with van der Waals surface area (Å²) in [5, 5.41) is 23.6. The number of terminal acetylenes is 1. The maximum atomic E-state index is 17.2. The van der Waals surface area contributed by atoms with Gasteiger partial charge in [0.1, 0.15) is 35.1 Å². The van der Waals surface area contributed by atoms with Crippen LogP contribution < -0.4 is 10.6 Å². The van der Waals surface area contributed by atoms with Crippen molar-refractivity contribution in [1.29, 1.82) is 0 Å². The molecule has 1 saturated carbocycles. The molecule has 3 aromatic carbocycles. The normalized spacial score (nSPS) is 22.9. The Labute approximate surface area is 443 Å². The predicted octanol–water partition coefficient (Wildman–Crippen LogP) is 7.01. The quantitative estimate of drug-likeness (QED) is 0.0777. The van der Waals surface area contributed by atoms with Gasteiger partial charge in [0.05, 0.1) is 29.3 Å². The average molecular weight is 1030 g/mol. The fourth-order valence-corrected chi connectivity index (χ4v) is 13.4. The highest BCUT2D eigenvalue weighted by atomic mass is 19.1. The molecule has 76 heavy (non-hydrogen) atoms. The highest BCUT2D eigenvalue weighted by Gasteiger charge is 2.46. The van der Waals surface area contributed by atoms with Crippen molar-refractivity contribution in [3.63, 3.8) is 0 Å². The minimum atomic E-state index is -0.705. The Balaban J connectivity index is 0.646. The highest BCUT2D eigenvalue weighted by molar-refractivity contribution is 6.02. The molecule has 1 aliphatic carbocycles. The Bertz CT molecular complexity index is 3150. The number of aromatic hydroxyl groups is 1. The van der Waals surface area contributed by atoms with E-state index in [1.165, 1.54) is 42.9 Å². The molecule has 6 fully saturated rings. The second-order valence-electron chi connectivity index (χ2n) is 23.0. The summed E-state index contributed by atoms with van der Waals surface area (Å²) in [4.78, 5) is 48.7. The summed E-state index contributed by atoms with van der Waals surface area (Å²) in [5.41, 5.74) is 3.83. The molecule has 6 aliphatic heterocycles. The lowest BCUT2D eigenvalue weighted by atomic mass is 9.87. The summed E-state index contributed by atoms with van der Waals surface area (Å²) in [7, 11) is 3.55. The second-order valence-corrected chi connectivity index (χ2v) is 23.0. The van der Waals surface area contributed by atoms with E-state index in [1.54, 1.807) is 13.2 Å². The number of amidine groups is 2. The third-order valence-electron chi connectivity index (χ3n) is 17.9. The molecular formula is C59H69F2N11O4. The largest absolute Gasteiger partial charge is 0.508 e. The van der Waals surface area contributed by atoms with E-state index in [1.807, 2.05) is 11.7 Å². The number of hydrogen-bond acceptors (Lipinski definition) is 13. The number of carbonyl (C=O) groups excluding carboxylic acids is 2. The van der Waals surface area contributed by atoms with Gasteiger partial charge >= 0.3 is 6.02 Å². The number of phenols is 1. The first kappa shape index (κ1) is 50.5. The summed E-state index contributed by atoms with van der Waals surface area (Å²) in [6.45, 7) is 10.8. The number of ether oxygens (including phenoxy) is 1. The summed E-state index contributed by atoms with van der Waals surface area (Å²) in [5.74, 6) is 2.48. The third-order valence-corrected chi connectivity index (χ3v) is 17.9. The van der Waals surface area contributed by atoms with Gasteiger partial charge in [-0.15, -0.1) is 6.42 Å². The zero-order chi connectivity index (χ0) is 52.2. The predicted molar refractivity (Wildman–Crippen MR) is 290 cm³/mol.